The fraction of sp³-hybridized carbons (Fsp3) is 0.478. The zero-order valence-electron chi connectivity index (χ0n) is 19.1. The van der Waals surface area contributed by atoms with Crippen LogP contribution in [0, 0.1) is 0 Å². The molecule has 0 atom stereocenters. The Hall–Kier alpha value is -2.54. The molecule has 2 aromatic rings. The van der Waals surface area contributed by atoms with Crippen LogP contribution >= 0.6 is 0 Å². The second-order valence-corrected chi connectivity index (χ2v) is 14.0. The minimum Gasteiger partial charge on any atom is -0.511 e. The molecule has 1 heterocycles. The van der Waals surface area contributed by atoms with Crippen molar-refractivity contribution >= 4 is 8.56 Å². The van der Waals surface area contributed by atoms with Gasteiger partial charge in [0.25, 0.3) is 0 Å². The van der Waals surface area contributed by atoms with Crippen molar-refractivity contribution in [2.45, 2.75) is 51.6 Å². The number of methoxy groups -OCH3 is 2. The Morgan fingerprint density at radius 1 is 0.700 bits per heavy atom. The van der Waals surface area contributed by atoms with E-state index in [0.29, 0.717) is 28.7 Å². The second kappa shape index (κ2) is 7.94. The SMILES string of the molecule is COc1ccc(O[Si](Oc2ccc3c(c2)OCO3)(C(C)(C)C)C(C)(C)C)cc1OC. The summed E-state index contributed by atoms with van der Waals surface area (Å²) >= 11 is 0. The van der Waals surface area contributed by atoms with E-state index in [-0.39, 0.29) is 16.9 Å². The van der Waals surface area contributed by atoms with Gasteiger partial charge in [-0.15, -0.1) is 0 Å². The van der Waals surface area contributed by atoms with Crippen LogP contribution in [0.4, 0.5) is 0 Å². The summed E-state index contributed by atoms with van der Waals surface area (Å²) in [6.07, 6.45) is 0. The van der Waals surface area contributed by atoms with Crippen molar-refractivity contribution in [1.29, 1.82) is 0 Å². The van der Waals surface area contributed by atoms with E-state index in [0.717, 1.165) is 5.75 Å². The lowest BCUT2D eigenvalue weighted by atomic mass is 10.2. The van der Waals surface area contributed by atoms with Gasteiger partial charge in [0.2, 0.25) is 6.79 Å². The number of hydrogen-bond donors (Lipinski definition) is 0. The number of fused-ring (bicyclic) bond motifs is 1. The minimum absolute atomic E-state index is 0.224. The molecule has 0 saturated carbocycles. The third kappa shape index (κ3) is 4.03. The zero-order chi connectivity index (χ0) is 22.2. The molecular formula is C23H32O6Si. The second-order valence-electron chi connectivity index (χ2n) is 9.35. The predicted octanol–water partition coefficient (Wildman–Crippen LogP) is 5.93. The van der Waals surface area contributed by atoms with E-state index in [4.69, 9.17) is 27.8 Å². The third-order valence-electron chi connectivity index (χ3n) is 5.20. The molecule has 30 heavy (non-hydrogen) atoms. The van der Waals surface area contributed by atoms with E-state index in [1.54, 1.807) is 14.2 Å². The summed E-state index contributed by atoms with van der Waals surface area (Å²) in [4.78, 5) is 0. The average molecular weight is 433 g/mol. The van der Waals surface area contributed by atoms with Crippen molar-refractivity contribution in [3.8, 4) is 34.5 Å². The van der Waals surface area contributed by atoms with E-state index in [9.17, 15) is 0 Å². The van der Waals surface area contributed by atoms with Crippen LogP contribution in [0.1, 0.15) is 41.5 Å². The molecule has 0 saturated heterocycles. The Bertz CT molecular complexity index is 884. The highest BCUT2D eigenvalue weighted by atomic mass is 28.4. The van der Waals surface area contributed by atoms with Gasteiger partial charge in [0.15, 0.2) is 23.0 Å². The maximum atomic E-state index is 6.81. The quantitative estimate of drug-likeness (QED) is 0.527. The summed E-state index contributed by atoms with van der Waals surface area (Å²) in [5, 5.41) is -0.510. The fourth-order valence-electron chi connectivity index (χ4n) is 3.91. The van der Waals surface area contributed by atoms with E-state index in [1.165, 1.54) is 0 Å². The van der Waals surface area contributed by atoms with Crippen LogP contribution in [0.5, 0.6) is 34.5 Å². The standard InChI is InChI=1S/C23H32O6Si/c1-22(2,3)30(23(4,5)6,28-16-9-11-18(24-7)20(13-16)25-8)29-17-10-12-19-21(14-17)27-15-26-19/h9-14H,15H2,1-8H3. The third-order valence-corrected chi connectivity index (χ3v) is 10.2. The van der Waals surface area contributed by atoms with Crippen LogP contribution in [0.25, 0.3) is 0 Å². The smallest absolute Gasteiger partial charge is 0.471 e. The predicted molar refractivity (Wildman–Crippen MR) is 119 cm³/mol. The van der Waals surface area contributed by atoms with E-state index in [2.05, 4.69) is 41.5 Å². The molecule has 0 spiro atoms. The first-order valence-corrected chi connectivity index (χ1v) is 11.8. The highest BCUT2D eigenvalue weighted by Crippen LogP contribution is 2.53. The van der Waals surface area contributed by atoms with Gasteiger partial charge in [0.1, 0.15) is 11.5 Å². The van der Waals surface area contributed by atoms with Crippen molar-refractivity contribution in [2.75, 3.05) is 21.0 Å². The van der Waals surface area contributed by atoms with Crippen LogP contribution in [-0.2, 0) is 0 Å². The van der Waals surface area contributed by atoms with Crippen LogP contribution < -0.4 is 27.8 Å². The molecule has 3 rings (SSSR count). The van der Waals surface area contributed by atoms with Crippen molar-refractivity contribution in [3.63, 3.8) is 0 Å². The normalized spacial score (nSPS) is 13.7. The van der Waals surface area contributed by atoms with E-state index in [1.807, 2.05) is 36.4 Å². The molecule has 0 amide bonds. The van der Waals surface area contributed by atoms with Crippen molar-refractivity contribution in [3.05, 3.63) is 36.4 Å². The first kappa shape index (κ1) is 22.1. The maximum Gasteiger partial charge on any atom is 0.471 e. The van der Waals surface area contributed by atoms with Gasteiger partial charge in [-0.2, -0.15) is 0 Å². The maximum absolute atomic E-state index is 6.81. The highest BCUT2D eigenvalue weighted by molar-refractivity contribution is 6.74. The first-order chi connectivity index (χ1) is 14.0. The number of rotatable bonds is 6. The lowest BCUT2D eigenvalue weighted by molar-refractivity contribution is 0.174. The van der Waals surface area contributed by atoms with Crippen molar-refractivity contribution in [2.24, 2.45) is 0 Å². The molecule has 2 aromatic carbocycles. The molecule has 164 valence electrons. The topological polar surface area (TPSA) is 55.4 Å². The summed E-state index contributed by atoms with van der Waals surface area (Å²) in [6.45, 7) is 13.2. The van der Waals surface area contributed by atoms with Crippen molar-refractivity contribution < 1.29 is 27.8 Å². The van der Waals surface area contributed by atoms with Gasteiger partial charge in [-0.25, -0.2) is 0 Å². The molecule has 7 heteroatoms. The Morgan fingerprint density at radius 3 is 1.80 bits per heavy atom. The Kier molecular flexibility index (Phi) is 5.87. The largest absolute Gasteiger partial charge is 0.511 e. The van der Waals surface area contributed by atoms with Gasteiger partial charge in [-0.05, 0) is 24.3 Å². The Balaban J connectivity index is 2.06. The molecule has 6 nitrogen and oxygen atoms in total. The first-order valence-electron chi connectivity index (χ1n) is 10.0. The molecular weight excluding hydrogens is 400 g/mol. The summed E-state index contributed by atoms with van der Waals surface area (Å²) in [5.41, 5.74) is 0. The van der Waals surface area contributed by atoms with Gasteiger partial charge < -0.3 is 27.8 Å². The molecule has 0 radical (unpaired) electrons. The van der Waals surface area contributed by atoms with Gasteiger partial charge >= 0.3 is 8.56 Å². The monoisotopic (exact) mass is 432 g/mol. The zero-order valence-corrected chi connectivity index (χ0v) is 20.1. The Labute approximate surface area is 180 Å². The van der Waals surface area contributed by atoms with Crippen LogP contribution in [0.2, 0.25) is 10.1 Å². The number of hydrogen-bond acceptors (Lipinski definition) is 6. The summed E-state index contributed by atoms with van der Waals surface area (Å²) in [7, 11) is 0.261. The molecule has 0 aliphatic carbocycles. The average Bonchev–Trinajstić information content (AvgIpc) is 3.13. The van der Waals surface area contributed by atoms with Crippen LogP contribution in [-0.4, -0.2) is 29.6 Å². The highest BCUT2D eigenvalue weighted by Gasteiger charge is 2.62. The van der Waals surface area contributed by atoms with Crippen LogP contribution in [0.3, 0.4) is 0 Å². The molecule has 0 aromatic heterocycles. The molecule has 0 unspecified atom stereocenters. The fourth-order valence-corrected chi connectivity index (χ4v) is 8.34. The summed E-state index contributed by atoms with van der Waals surface area (Å²) in [5.74, 6) is 4.07. The lowest BCUT2D eigenvalue weighted by Gasteiger charge is -2.48. The molecule has 0 N–H and O–H groups in total. The van der Waals surface area contributed by atoms with E-state index < -0.39 is 8.56 Å². The minimum atomic E-state index is -2.97. The van der Waals surface area contributed by atoms with Gasteiger partial charge in [0, 0.05) is 22.2 Å². The number of benzene rings is 2. The lowest BCUT2D eigenvalue weighted by Crippen LogP contribution is -2.62. The van der Waals surface area contributed by atoms with Gasteiger partial charge in [-0.3, -0.25) is 0 Å². The molecule has 0 fully saturated rings. The molecule has 0 bridgehead atoms. The van der Waals surface area contributed by atoms with Crippen molar-refractivity contribution in [1.82, 2.24) is 0 Å². The van der Waals surface area contributed by atoms with Crippen LogP contribution in [0.15, 0.2) is 36.4 Å². The Morgan fingerprint density at radius 2 is 1.23 bits per heavy atom. The molecule has 1 aliphatic rings. The summed E-state index contributed by atoms with van der Waals surface area (Å²) in [6, 6.07) is 11.2. The number of ether oxygens (including phenoxy) is 4. The molecule has 1 aliphatic heterocycles. The van der Waals surface area contributed by atoms with Gasteiger partial charge in [-0.1, -0.05) is 41.5 Å². The summed E-state index contributed by atoms with van der Waals surface area (Å²) < 4.78 is 35.4. The van der Waals surface area contributed by atoms with Gasteiger partial charge in [0.05, 0.1) is 14.2 Å². The van der Waals surface area contributed by atoms with E-state index >= 15 is 0 Å².